The van der Waals surface area contributed by atoms with Crippen molar-refractivity contribution in [1.82, 2.24) is 10.2 Å². The van der Waals surface area contributed by atoms with Crippen LogP contribution < -0.4 is 5.32 Å². The van der Waals surface area contributed by atoms with Gasteiger partial charge in [0, 0.05) is 13.1 Å². The molecule has 0 radical (unpaired) electrons. The van der Waals surface area contributed by atoms with Crippen LogP contribution in [0.2, 0.25) is 0 Å². The molecule has 0 aliphatic carbocycles. The zero-order valence-electron chi connectivity index (χ0n) is 8.34. The molecule has 1 heterocycles. The highest BCUT2D eigenvalue weighted by Crippen LogP contribution is 2.08. The van der Waals surface area contributed by atoms with Gasteiger partial charge in [-0.15, -0.1) is 0 Å². The van der Waals surface area contributed by atoms with E-state index in [1.54, 1.807) is 4.90 Å². The molecule has 0 bridgehead atoms. The average Bonchev–Trinajstić information content (AvgIpc) is 2.45. The summed E-state index contributed by atoms with van der Waals surface area (Å²) in [7, 11) is 1.16. The normalized spacial score (nSPS) is 26.3. The van der Waals surface area contributed by atoms with Gasteiger partial charge in [-0.3, -0.25) is 15.0 Å². The number of carbonyl (C=O) groups is 2. The minimum Gasteiger partial charge on any atom is -0.453 e. The predicted molar refractivity (Wildman–Crippen MR) is 49.0 cm³/mol. The lowest BCUT2D eigenvalue weighted by molar-refractivity contribution is -0.121. The number of rotatable bonds is 2. The summed E-state index contributed by atoms with van der Waals surface area (Å²) in [5, 5.41) is 20.4. The van der Waals surface area contributed by atoms with Crippen molar-refractivity contribution in [2.24, 2.45) is 0 Å². The summed E-state index contributed by atoms with van der Waals surface area (Å²) >= 11 is 0. The van der Waals surface area contributed by atoms with Gasteiger partial charge in [0.2, 0.25) is 5.91 Å². The van der Waals surface area contributed by atoms with Gasteiger partial charge in [-0.2, -0.15) is 0 Å². The number of amides is 2. The van der Waals surface area contributed by atoms with E-state index in [-0.39, 0.29) is 19.6 Å². The SMILES string of the molecule is COC(=O)NC(=O)CN1CC(O)C(O)C1. The first-order valence-corrected chi connectivity index (χ1v) is 4.49. The first-order valence-electron chi connectivity index (χ1n) is 4.49. The van der Waals surface area contributed by atoms with E-state index in [2.05, 4.69) is 4.74 Å². The van der Waals surface area contributed by atoms with Crippen LogP contribution >= 0.6 is 0 Å². The van der Waals surface area contributed by atoms with E-state index in [9.17, 15) is 19.8 Å². The molecule has 1 saturated heterocycles. The first-order chi connectivity index (χ1) is 7.02. The summed E-state index contributed by atoms with van der Waals surface area (Å²) in [5.74, 6) is -0.525. The Labute approximate surface area is 86.6 Å². The third kappa shape index (κ3) is 3.46. The maximum absolute atomic E-state index is 11.2. The quantitative estimate of drug-likeness (QED) is 0.491. The maximum atomic E-state index is 11.2. The number of hydrogen-bond donors (Lipinski definition) is 3. The molecule has 0 spiro atoms. The van der Waals surface area contributed by atoms with E-state index in [0.717, 1.165) is 7.11 Å². The lowest BCUT2D eigenvalue weighted by atomic mass is 10.3. The van der Waals surface area contributed by atoms with Crippen molar-refractivity contribution in [2.45, 2.75) is 12.2 Å². The molecule has 0 aromatic heterocycles. The molecule has 15 heavy (non-hydrogen) atoms. The number of β-amino-alcohol motifs (C(OH)–C–C–N with tert-alkyl or cyclic N) is 2. The summed E-state index contributed by atoms with van der Waals surface area (Å²) < 4.78 is 4.24. The number of nitrogens with one attached hydrogen (secondary N) is 1. The molecule has 0 aromatic rings. The molecule has 1 aliphatic heterocycles. The van der Waals surface area contributed by atoms with Crippen molar-refractivity contribution >= 4 is 12.0 Å². The number of alkyl carbamates (subject to hydrolysis) is 1. The highest BCUT2D eigenvalue weighted by Gasteiger charge is 2.30. The number of aliphatic hydroxyl groups is 2. The largest absolute Gasteiger partial charge is 0.453 e. The summed E-state index contributed by atoms with van der Waals surface area (Å²) in [5.41, 5.74) is 0. The van der Waals surface area contributed by atoms with E-state index in [1.165, 1.54) is 0 Å². The molecule has 7 nitrogen and oxygen atoms in total. The van der Waals surface area contributed by atoms with E-state index in [0.29, 0.717) is 0 Å². The van der Waals surface area contributed by atoms with Crippen LogP contribution in [0.1, 0.15) is 0 Å². The van der Waals surface area contributed by atoms with Gasteiger partial charge in [-0.1, -0.05) is 0 Å². The molecule has 1 aliphatic rings. The van der Waals surface area contributed by atoms with Gasteiger partial charge in [0.05, 0.1) is 25.9 Å². The fourth-order valence-electron chi connectivity index (χ4n) is 1.38. The van der Waals surface area contributed by atoms with Gasteiger partial charge >= 0.3 is 6.09 Å². The van der Waals surface area contributed by atoms with Crippen LogP contribution in [-0.4, -0.2) is 66.1 Å². The Kier molecular flexibility index (Phi) is 4.01. The molecule has 1 rings (SSSR count). The summed E-state index contributed by atoms with van der Waals surface area (Å²) in [6.45, 7) is 0.384. The van der Waals surface area contributed by atoms with Gasteiger partial charge in [0.1, 0.15) is 0 Å². The molecule has 2 amide bonds. The number of hydrogen-bond acceptors (Lipinski definition) is 6. The van der Waals surface area contributed by atoms with E-state index < -0.39 is 24.2 Å². The van der Waals surface area contributed by atoms with Gasteiger partial charge in [-0.05, 0) is 0 Å². The van der Waals surface area contributed by atoms with Crippen LogP contribution in [0.25, 0.3) is 0 Å². The second-order valence-corrected chi connectivity index (χ2v) is 3.37. The molecular weight excluding hydrogens is 204 g/mol. The molecule has 7 heteroatoms. The van der Waals surface area contributed by atoms with Crippen molar-refractivity contribution in [3.05, 3.63) is 0 Å². The van der Waals surface area contributed by atoms with Crippen molar-refractivity contribution in [3.63, 3.8) is 0 Å². The van der Waals surface area contributed by atoms with Crippen LogP contribution in [0.4, 0.5) is 4.79 Å². The third-order valence-electron chi connectivity index (χ3n) is 2.13. The van der Waals surface area contributed by atoms with Gasteiger partial charge < -0.3 is 14.9 Å². The van der Waals surface area contributed by atoms with Crippen LogP contribution in [-0.2, 0) is 9.53 Å². The topological polar surface area (TPSA) is 99.1 Å². The van der Waals surface area contributed by atoms with Crippen molar-refractivity contribution < 1.29 is 24.5 Å². The zero-order valence-corrected chi connectivity index (χ0v) is 8.34. The molecule has 2 atom stereocenters. The van der Waals surface area contributed by atoms with Gasteiger partial charge in [-0.25, -0.2) is 4.79 Å². The third-order valence-corrected chi connectivity index (χ3v) is 2.13. The second kappa shape index (κ2) is 5.06. The van der Waals surface area contributed by atoms with Crippen LogP contribution in [0.5, 0.6) is 0 Å². The van der Waals surface area contributed by atoms with Gasteiger partial charge in [0.15, 0.2) is 0 Å². The fraction of sp³-hybridized carbons (Fsp3) is 0.750. The standard InChI is InChI=1S/C8H14N2O5/c1-15-8(14)9-7(13)4-10-2-5(11)6(12)3-10/h5-6,11-12H,2-4H2,1H3,(H,9,13,14). The molecular formula is C8H14N2O5. The smallest absolute Gasteiger partial charge is 0.413 e. The summed E-state index contributed by atoms with van der Waals surface area (Å²) in [6, 6.07) is 0. The molecule has 86 valence electrons. The lowest BCUT2D eigenvalue weighted by Gasteiger charge is -2.13. The predicted octanol–water partition coefficient (Wildman–Crippen LogP) is -2.09. The van der Waals surface area contributed by atoms with E-state index in [1.807, 2.05) is 5.32 Å². The van der Waals surface area contributed by atoms with Crippen molar-refractivity contribution in [3.8, 4) is 0 Å². The Morgan fingerprint density at radius 3 is 2.40 bits per heavy atom. The molecule has 3 N–H and O–H groups in total. The minimum absolute atomic E-state index is 0.0524. The Morgan fingerprint density at radius 1 is 1.40 bits per heavy atom. The lowest BCUT2D eigenvalue weighted by Crippen LogP contribution is -2.39. The van der Waals surface area contributed by atoms with E-state index >= 15 is 0 Å². The Balaban J connectivity index is 2.30. The maximum Gasteiger partial charge on any atom is 0.413 e. The Morgan fingerprint density at radius 2 is 1.93 bits per heavy atom. The van der Waals surface area contributed by atoms with Crippen LogP contribution in [0, 0.1) is 0 Å². The Bertz CT molecular complexity index is 247. The molecule has 0 aromatic carbocycles. The Hall–Kier alpha value is -1.18. The number of methoxy groups -OCH3 is 1. The van der Waals surface area contributed by atoms with Crippen molar-refractivity contribution in [1.29, 1.82) is 0 Å². The number of aliphatic hydroxyl groups excluding tert-OH is 2. The summed E-state index contributed by atoms with van der Waals surface area (Å²) in [6.07, 6.45) is -2.49. The second-order valence-electron chi connectivity index (χ2n) is 3.37. The number of imide groups is 1. The number of carbonyl (C=O) groups excluding carboxylic acids is 2. The average molecular weight is 218 g/mol. The van der Waals surface area contributed by atoms with Crippen LogP contribution in [0.15, 0.2) is 0 Å². The van der Waals surface area contributed by atoms with Crippen LogP contribution in [0.3, 0.4) is 0 Å². The molecule has 0 saturated carbocycles. The first kappa shape index (κ1) is 11.9. The monoisotopic (exact) mass is 218 g/mol. The highest BCUT2D eigenvalue weighted by molar-refractivity contribution is 5.92. The minimum atomic E-state index is -0.837. The van der Waals surface area contributed by atoms with E-state index in [4.69, 9.17) is 0 Å². The number of likely N-dealkylation sites (tertiary alicyclic amines) is 1. The van der Waals surface area contributed by atoms with Crippen molar-refractivity contribution in [2.75, 3.05) is 26.7 Å². The number of nitrogens with zero attached hydrogens (tertiary/aromatic N) is 1. The molecule has 1 fully saturated rings. The molecule has 2 unspecified atom stereocenters. The van der Waals surface area contributed by atoms with Gasteiger partial charge in [0.25, 0.3) is 0 Å². The highest BCUT2D eigenvalue weighted by atomic mass is 16.5. The fourth-order valence-corrected chi connectivity index (χ4v) is 1.38. The number of ether oxygens (including phenoxy) is 1. The zero-order chi connectivity index (χ0) is 11.4. The summed E-state index contributed by atoms with van der Waals surface area (Å²) in [4.78, 5) is 23.4.